The Labute approximate surface area is 516 Å². The van der Waals surface area contributed by atoms with Crippen molar-refractivity contribution in [3.63, 3.8) is 0 Å². The third-order valence-electron chi connectivity index (χ3n) is 16.3. The number of unbranched alkanes of at least 4 members (excludes halogenated alkanes) is 44. The first-order chi connectivity index (χ1) is 40.4. The van der Waals surface area contributed by atoms with Crippen molar-refractivity contribution < 1.29 is 37.3 Å². The fourth-order valence-corrected chi connectivity index (χ4v) is 11.4. The van der Waals surface area contributed by atoms with Crippen molar-refractivity contribution in [1.82, 2.24) is 5.32 Å². The summed E-state index contributed by atoms with van der Waals surface area (Å²) in [6.07, 6.45) is 79.6. The van der Waals surface area contributed by atoms with Crippen molar-refractivity contribution in [1.29, 1.82) is 0 Å². The summed E-state index contributed by atoms with van der Waals surface area (Å²) < 4.78 is 30.4. The second-order valence-corrected chi connectivity index (χ2v) is 27.2. The summed E-state index contributed by atoms with van der Waals surface area (Å²) >= 11 is 0. The van der Waals surface area contributed by atoms with Crippen molar-refractivity contribution in [2.45, 2.75) is 367 Å². The average Bonchev–Trinajstić information content (AvgIpc) is 3.47. The number of hydrogen-bond donors (Lipinski definition) is 1. The number of carbonyl (C=O) groups excluding carboxylic acids is 2. The molecule has 0 radical (unpaired) electrons. The number of ether oxygens (including phenoxy) is 1. The summed E-state index contributed by atoms with van der Waals surface area (Å²) in [7, 11) is 1.18. The molecule has 0 spiro atoms. The minimum Gasteiger partial charge on any atom is -0.756 e. The summed E-state index contributed by atoms with van der Waals surface area (Å²) in [6.45, 7) is 6.85. The Balaban J connectivity index is 5.03. The van der Waals surface area contributed by atoms with Gasteiger partial charge in [-0.15, -0.1) is 0 Å². The molecule has 83 heavy (non-hydrogen) atoms. The van der Waals surface area contributed by atoms with Crippen molar-refractivity contribution >= 4 is 19.7 Å². The predicted octanol–water partition coefficient (Wildman–Crippen LogP) is 22.2. The summed E-state index contributed by atoms with van der Waals surface area (Å²) in [5.41, 5.74) is 0. The number of rotatable bonds is 66. The number of nitrogens with one attached hydrogen (secondary N) is 1. The third-order valence-corrected chi connectivity index (χ3v) is 17.2. The molecule has 0 aromatic rings. The number of allylic oxidation sites excluding steroid dienone is 7. The molecular formula is C73H139N2O7P. The predicted molar refractivity (Wildman–Crippen MR) is 358 cm³/mol. The Hall–Kier alpha value is -2.03. The minimum absolute atomic E-state index is 0.0246. The van der Waals surface area contributed by atoms with Gasteiger partial charge < -0.3 is 28.5 Å². The highest BCUT2D eigenvalue weighted by atomic mass is 31.2. The van der Waals surface area contributed by atoms with Gasteiger partial charge >= 0.3 is 5.97 Å². The molecule has 1 N–H and O–H groups in total. The van der Waals surface area contributed by atoms with Crippen LogP contribution in [0.4, 0.5) is 0 Å². The topological polar surface area (TPSA) is 114 Å². The molecule has 0 fully saturated rings. The Morgan fingerprint density at radius 1 is 0.422 bits per heavy atom. The lowest BCUT2D eigenvalue weighted by atomic mass is 10.0. The largest absolute Gasteiger partial charge is 0.756 e. The van der Waals surface area contributed by atoms with E-state index in [4.69, 9.17) is 13.8 Å². The van der Waals surface area contributed by atoms with Gasteiger partial charge in [0.25, 0.3) is 7.82 Å². The third kappa shape index (κ3) is 64.3. The van der Waals surface area contributed by atoms with Gasteiger partial charge in [-0.05, 0) is 70.3 Å². The molecule has 0 heterocycles. The first-order valence-corrected chi connectivity index (χ1v) is 37.4. The number of esters is 1. The number of phosphoric ester groups is 1. The molecule has 0 aliphatic rings. The zero-order chi connectivity index (χ0) is 60.7. The molecule has 0 aliphatic carbocycles. The van der Waals surface area contributed by atoms with Crippen LogP contribution >= 0.6 is 7.82 Å². The van der Waals surface area contributed by atoms with E-state index in [-0.39, 0.29) is 24.9 Å². The molecule has 0 bridgehead atoms. The number of quaternary nitrogens is 1. The van der Waals surface area contributed by atoms with Crippen LogP contribution in [0.2, 0.25) is 0 Å². The van der Waals surface area contributed by atoms with Crippen LogP contribution in [0.1, 0.15) is 355 Å². The summed E-state index contributed by atoms with van der Waals surface area (Å²) in [4.78, 5) is 40.2. The van der Waals surface area contributed by atoms with Crippen molar-refractivity contribution in [2.24, 2.45) is 0 Å². The van der Waals surface area contributed by atoms with Crippen LogP contribution in [0.5, 0.6) is 0 Å². The van der Waals surface area contributed by atoms with Gasteiger partial charge in [0, 0.05) is 12.8 Å². The van der Waals surface area contributed by atoms with Crippen molar-refractivity contribution in [3.05, 3.63) is 48.6 Å². The van der Waals surface area contributed by atoms with Gasteiger partial charge in [-0.1, -0.05) is 320 Å². The van der Waals surface area contributed by atoms with E-state index in [1.165, 1.54) is 238 Å². The molecule has 0 aromatic carbocycles. The van der Waals surface area contributed by atoms with Crippen LogP contribution in [0.25, 0.3) is 0 Å². The lowest BCUT2D eigenvalue weighted by Crippen LogP contribution is -2.47. The summed E-state index contributed by atoms with van der Waals surface area (Å²) in [5, 5.41) is 3.04. The van der Waals surface area contributed by atoms with Crippen LogP contribution in [0.3, 0.4) is 0 Å². The fourth-order valence-electron chi connectivity index (χ4n) is 10.7. The Morgan fingerprint density at radius 2 is 0.735 bits per heavy atom. The van der Waals surface area contributed by atoms with Crippen molar-refractivity contribution in [3.8, 4) is 0 Å². The van der Waals surface area contributed by atoms with E-state index >= 15 is 0 Å². The van der Waals surface area contributed by atoms with E-state index in [1.54, 1.807) is 0 Å². The van der Waals surface area contributed by atoms with Gasteiger partial charge in [-0.2, -0.15) is 0 Å². The fraction of sp³-hybridized carbons (Fsp3) is 0.863. The molecule has 3 unspecified atom stereocenters. The van der Waals surface area contributed by atoms with Crippen LogP contribution in [0, 0.1) is 0 Å². The normalized spacial score (nSPS) is 13.8. The van der Waals surface area contributed by atoms with Crippen molar-refractivity contribution in [2.75, 3.05) is 40.9 Å². The molecule has 9 nitrogen and oxygen atoms in total. The monoisotopic (exact) mass is 1190 g/mol. The first kappa shape index (κ1) is 81.0. The maximum atomic E-state index is 13.6. The molecule has 0 saturated heterocycles. The Kier molecular flexibility index (Phi) is 61.5. The number of likely N-dealkylation sites (N-methyl/N-ethyl adjacent to an activating group) is 1. The highest BCUT2D eigenvalue weighted by molar-refractivity contribution is 7.45. The zero-order valence-electron chi connectivity index (χ0n) is 55.9. The van der Waals surface area contributed by atoms with E-state index in [0.717, 1.165) is 77.0 Å². The maximum Gasteiger partial charge on any atom is 0.306 e. The standard InChI is InChI=1S/C73H139N2O7P/c1-7-10-13-16-19-22-25-28-30-32-33-34-35-36-37-38-39-40-41-43-44-47-50-53-56-59-62-65-72(76)74-70(69-81-83(78,79)80-68-67-75(4,5)6)71(64-61-58-55-52-49-46-27-24-21-18-15-12-9-3)82-73(77)66-63-60-57-54-51-48-45-42-31-29-26-23-20-17-14-11-8-2/h20,23,29,31,45,48,61,64,70-71H,7-19,21-22,24-28,30,32-44,46-47,49-60,62-63,65-69H2,1-6H3,(H-,74,76,78,79)/b23-20-,31-29-,48-45-,64-61-. The number of amides is 1. The smallest absolute Gasteiger partial charge is 0.306 e. The van der Waals surface area contributed by atoms with E-state index in [9.17, 15) is 19.0 Å². The van der Waals surface area contributed by atoms with Crippen LogP contribution in [0.15, 0.2) is 48.6 Å². The zero-order valence-corrected chi connectivity index (χ0v) is 56.8. The second-order valence-electron chi connectivity index (χ2n) is 25.7. The molecule has 488 valence electrons. The van der Waals surface area contributed by atoms with Crippen LogP contribution in [-0.2, 0) is 27.9 Å². The highest BCUT2D eigenvalue weighted by Gasteiger charge is 2.27. The molecule has 3 atom stereocenters. The lowest BCUT2D eigenvalue weighted by Gasteiger charge is -2.30. The van der Waals surface area contributed by atoms with Crippen LogP contribution < -0.4 is 10.2 Å². The van der Waals surface area contributed by atoms with E-state index in [1.807, 2.05) is 33.3 Å². The number of nitrogens with zero attached hydrogens (tertiary/aromatic N) is 1. The van der Waals surface area contributed by atoms with Gasteiger partial charge in [0.2, 0.25) is 5.91 Å². The summed E-state index contributed by atoms with van der Waals surface area (Å²) in [6, 6.07) is -0.896. The lowest BCUT2D eigenvalue weighted by molar-refractivity contribution is -0.870. The summed E-state index contributed by atoms with van der Waals surface area (Å²) in [5.74, 6) is -0.550. The average molecular weight is 1190 g/mol. The van der Waals surface area contributed by atoms with E-state index < -0.39 is 26.6 Å². The van der Waals surface area contributed by atoms with Gasteiger partial charge in [0.15, 0.2) is 0 Å². The molecule has 0 aliphatic heterocycles. The van der Waals surface area contributed by atoms with E-state index in [2.05, 4.69) is 62.5 Å². The highest BCUT2D eigenvalue weighted by Crippen LogP contribution is 2.38. The number of carbonyl (C=O) groups is 2. The number of hydrogen-bond acceptors (Lipinski definition) is 7. The molecule has 0 rings (SSSR count). The molecule has 10 heteroatoms. The van der Waals surface area contributed by atoms with Gasteiger partial charge in [0.1, 0.15) is 19.3 Å². The molecule has 1 amide bonds. The quantitative estimate of drug-likeness (QED) is 0.0212. The van der Waals surface area contributed by atoms with Crippen LogP contribution in [-0.4, -0.2) is 69.4 Å². The maximum absolute atomic E-state index is 13.6. The Bertz CT molecular complexity index is 1560. The first-order valence-electron chi connectivity index (χ1n) is 35.9. The number of phosphoric acid groups is 1. The van der Waals surface area contributed by atoms with Gasteiger partial charge in [0.05, 0.1) is 33.8 Å². The van der Waals surface area contributed by atoms with E-state index in [0.29, 0.717) is 23.9 Å². The molecule has 0 aromatic heterocycles. The minimum atomic E-state index is -4.71. The Morgan fingerprint density at radius 3 is 1.12 bits per heavy atom. The molecule has 0 saturated carbocycles. The van der Waals surface area contributed by atoms with Gasteiger partial charge in [-0.25, -0.2) is 0 Å². The SMILES string of the molecule is CCCCC/C=C\C/C=C\C/C=C\CCCCCCC(=O)OC(/C=C\CCCCCCCCCCCCC)C(COP(=O)([O-])OCC[N+](C)(C)C)NC(=O)CCCCCCCCCCCCCCCCCCCCCCCCCCCCC. The second kappa shape index (κ2) is 63.0. The molecular weight excluding hydrogens is 1050 g/mol. The van der Waals surface area contributed by atoms with Gasteiger partial charge in [-0.3, -0.25) is 14.2 Å².